The van der Waals surface area contributed by atoms with Crippen LogP contribution in [0.25, 0.3) is 0 Å². The zero-order valence-corrected chi connectivity index (χ0v) is 25.9. The van der Waals surface area contributed by atoms with Gasteiger partial charge in [0.2, 0.25) is 8.32 Å². The van der Waals surface area contributed by atoms with Gasteiger partial charge < -0.3 is 13.3 Å². The number of hydrogen-bond acceptors (Lipinski definition) is 3. The van der Waals surface area contributed by atoms with Gasteiger partial charge in [0.1, 0.15) is 5.75 Å². The van der Waals surface area contributed by atoms with E-state index in [9.17, 15) is 0 Å². The predicted octanol–water partition coefficient (Wildman–Crippen LogP) is 7.81. The summed E-state index contributed by atoms with van der Waals surface area (Å²) in [5.74, 6) is 2.98. The van der Waals surface area contributed by atoms with Gasteiger partial charge in [-0.25, -0.2) is 0 Å². The van der Waals surface area contributed by atoms with E-state index in [4.69, 9.17) is 13.3 Å². The van der Waals surface area contributed by atoms with Crippen molar-refractivity contribution in [1.82, 2.24) is 0 Å². The first-order valence-electron chi connectivity index (χ1n) is 13.2. The molecule has 0 spiro atoms. The number of rotatable bonds is 6. The molecular weight excluding hydrogens is 457 g/mol. The van der Waals surface area contributed by atoms with Gasteiger partial charge in [-0.3, -0.25) is 0 Å². The monoisotopic (exact) mass is 504 g/mol. The van der Waals surface area contributed by atoms with Gasteiger partial charge >= 0.3 is 0 Å². The Morgan fingerprint density at radius 1 is 0.818 bits per heavy atom. The van der Waals surface area contributed by atoms with Gasteiger partial charge in [0.05, 0.1) is 12.2 Å². The molecule has 0 radical (unpaired) electrons. The first kappa shape index (κ1) is 25.7. The largest absolute Gasteiger partial charge is 0.544 e. The van der Waals surface area contributed by atoms with Crippen molar-refractivity contribution in [2.24, 2.45) is 17.3 Å². The lowest BCUT2D eigenvalue weighted by atomic mass is 9.54. The smallest absolute Gasteiger partial charge is 0.242 e. The van der Waals surface area contributed by atoms with Crippen molar-refractivity contribution in [3.8, 4) is 5.75 Å². The molecule has 33 heavy (non-hydrogen) atoms. The second-order valence-corrected chi connectivity index (χ2v) is 27.5. The normalized spacial score (nSPS) is 34.4. The molecule has 3 aliphatic carbocycles. The van der Waals surface area contributed by atoms with Crippen molar-refractivity contribution in [2.75, 3.05) is 0 Å². The fourth-order valence-corrected chi connectivity index (χ4v) is 10.3. The Morgan fingerprint density at radius 2 is 1.48 bits per heavy atom. The van der Waals surface area contributed by atoms with Crippen LogP contribution in [0.15, 0.2) is 18.2 Å². The number of benzene rings is 1. The van der Waals surface area contributed by atoms with Crippen LogP contribution >= 0.6 is 0 Å². The maximum Gasteiger partial charge on any atom is 0.242 e. The van der Waals surface area contributed by atoms with Crippen molar-refractivity contribution < 1.29 is 13.3 Å². The molecule has 2 fully saturated rings. The quantitative estimate of drug-likeness (QED) is 0.370. The summed E-state index contributed by atoms with van der Waals surface area (Å²) in [7, 11) is -4.85. The maximum atomic E-state index is 7.01. The van der Waals surface area contributed by atoms with Crippen LogP contribution in [0.5, 0.6) is 5.75 Å². The summed E-state index contributed by atoms with van der Waals surface area (Å²) < 4.78 is 20.2. The Kier molecular flexibility index (Phi) is 6.70. The summed E-state index contributed by atoms with van der Waals surface area (Å²) in [4.78, 5) is 0. The van der Waals surface area contributed by atoms with Gasteiger partial charge in [0, 0.05) is 0 Å². The predicted molar refractivity (Wildman–Crippen MR) is 147 cm³/mol. The Labute approximate surface area is 206 Å². The SMILES string of the molecule is CC12CCC3c4ccc(O[Si](C)(C)C)cc4CC(O[Si](C)(C)C)C3C1CCC2O[Si](C)(C)C. The minimum absolute atomic E-state index is 0.293. The fraction of sp³-hybridized carbons (Fsp3) is 0.778. The molecule has 6 atom stereocenters. The highest BCUT2D eigenvalue weighted by Gasteiger charge is 2.58. The van der Waals surface area contributed by atoms with E-state index >= 15 is 0 Å². The molecule has 186 valence electrons. The van der Waals surface area contributed by atoms with Crippen molar-refractivity contribution in [1.29, 1.82) is 0 Å². The Hall–Kier alpha value is -0.409. The topological polar surface area (TPSA) is 27.7 Å². The van der Waals surface area contributed by atoms with Gasteiger partial charge in [-0.2, -0.15) is 0 Å². The standard InChI is InChI=1S/C27H48O3Si3/c1-27-16-15-22-21-12-11-20(28-31(2,3)4)17-19(21)18-24(29-32(5,6)7)26(22)23(27)13-14-25(27)30-33(8,9)10/h11-12,17,22-26H,13-16,18H2,1-10H3. The summed E-state index contributed by atoms with van der Waals surface area (Å²) in [5, 5.41) is 0. The lowest BCUT2D eigenvalue weighted by Crippen LogP contribution is -2.53. The van der Waals surface area contributed by atoms with Crippen molar-refractivity contribution in [3.63, 3.8) is 0 Å². The van der Waals surface area contributed by atoms with Crippen molar-refractivity contribution in [2.45, 2.75) is 116 Å². The summed E-state index contributed by atoms with van der Waals surface area (Å²) in [6.07, 6.45) is 6.85. The minimum atomic E-state index is -1.67. The highest BCUT2D eigenvalue weighted by atomic mass is 28.4. The Morgan fingerprint density at radius 3 is 2.09 bits per heavy atom. The second-order valence-electron chi connectivity index (χ2n) is 14.2. The molecule has 0 bridgehead atoms. The molecule has 6 unspecified atom stereocenters. The molecule has 0 heterocycles. The van der Waals surface area contributed by atoms with Crippen LogP contribution in [-0.2, 0) is 15.3 Å². The molecule has 1 aromatic rings. The lowest BCUT2D eigenvalue weighted by molar-refractivity contribution is -0.0527. The molecule has 6 heteroatoms. The molecule has 0 amide bonds. The van der Waals surface area contributed by atoms with E-state index in [1.54, 1.807) is 5.56 Å². The minimum Gasteiger partial charge on any atom is -0.544 e. The summed E-state index contributed by atoms with van der Waals surface area (Å²) in [6, 6.07) is 7.00. The Bertz CT molecular complexity index is 867. The van der Waals surface area contributed by atoms with E-state index in [0.29, 0.717) is 35.4 Å². The third-order valence-corrected chi connectivity index (χ3v) is 10.9. The first-order chi connectivity index (χ1) is 15.1. The summed E-state index contributed by atoms with van der Waals surface area (Å²) in [5.41, 5.74) is 3.35. The Balaban J connectivity index is 1.69. The highest BCUT2D eigenvalue weighted by Crippen LogP contribution is 2.62. The van der Waals surface area contributed by atoms with E-state index < -0.39 is 25.0 Å². The third-order valence-electron chi connectivity index (χ3n) is 8.03. The van der Waals surface area contributed by atoms with Gasteiger partial charge in [0.25, 0.3) is 0 Å². The average Bonchev–Trinajstić information content (AvgIpc) is 2.93. The van der Waals surface area contributed by atoms with Gasteiger partial charge in [-0.15, -0.1) is 0 Å². The van der Waals surface area contributed by atoms with Crippen LogP contribution < -0.4 is 4.43 Å². The van der Waals surface area contributed by atoms with E-state index in [-0.39, 0.29) is 0 Å². The van der Waals surface area contributed by atoms with Crippen LogP contribution in [0.2, 0.25) is 58.9 Å². The lowest BCUT2D eigenvalue weighted by Gasteiger charge is -2.54. The van der Waals surface area contributed by atoms with Crippen molar-refractivity contribution >= 4 is 25.0 Å². The van der Waals surface area contributed by atoms with Crippen molar-refractivity contribution in [3.05, 3.63) is 29.3 Å². The van der Waals surface area contributed by atoms with Gasteiger partial charge in [-0.1, -0.05) is 13.0 Å². The number of fused-ring (bicyclic) bond motifs is 5. The van der Waals surface area contributed by atoms with Crippen LogP contribution in [-0.4, -0.2) is 37.2 Å². The molecule has 0 N–H and O–H groups in total. The second kappa shape index (κ2) is 8.61. The molecule has 3 nitrogen and oxygen atoms in total. The molecule has 2 saturated carbocycles. The first-order valence-corrected chi connectivity index (χ1v) is 23.5. The van der Waals surface area contributed by atoms with E-state index in [1.807, 2.05) is 0 Å². The highest BCUT2D eigenvalue weighted by molar-refractivity contribution is 6.70. The van der Waals surface area contributed by atoms with E-state index in [2.05, 4.69) is 84.0 Å². The molecule has 3 aliphatic rings. The maximum absolute atomic E-state index is 7.01. The van der Waals surface area contributed by atoms with Crippen LogP contribution in [0.3, 0.4) is 0 Å². The van der Waals surface area contributed by atoms with Crippen LogP contribution in [0.4, 0.5) is 0 Å². The molecule has 0 aliphatic heterocycles. The fourth-order valence-electron chi connectivity index (χ4n) is 7.11. The zero-order valence-electron chi connectivity index (χ0n) is 22.9. The molecule has 1 aromatic carbocycles. The van der Waals surface area contributed by atoms with Gasteiger partial charge in [0.15, 0.2) is 16.6 Å². The molecule has 4 rings (SSSR count). The summed E-state index contributed by atoms with van der Waals surface area (Å²) >= 11 is 0. The third kappa shape index (κ3) is 5.55. The van der Waals surface area contributed by atoms with Gasteiger partial charge in [-0.05, 0) is 137 Å². The van der Waals surface area contributed by atoms with E-state index in [0.717, 1.165) is 12.2 Å². The van der Waals surface area contributed by atoms with Crippen LogP contribution in [0.1, 0.15) is 49.7 Å². The molecular formula is C27H48O3Si3. The van der Waals surface area contributed by atoms with Crippen LogP contribution in [0, 0.1) is 17.3 Å². The molecule has 0 saturated heterocycles. The average molecular weight is 505 g/mol. The van der Waals surface area contributed by atoms with E-state index in [1.165, 1.54) is 31.2 Å². The summed E-state index contributed by atoms with van der Waals surface area (Å²) in [6.45, 7) is 23.5. The number of hydrogen-bond donors (Lipinski definition) is 0. The molecule has 0 aromatic heterocycles. The zero-order chi connectivity index (χ0) is 24.4.